The molecule has 0 atom stereocenters. The number of hydrogen-bond acceptors (Lipinski definition) is 4. The second-order valence-electron chi connectivity index (χ2n) is 1.73. The van der Waals surface area contributed by atoms with E-state index < -0.39 is 10.0 Å². The van der Waals surface area contributed by atoms with E-state index in [0.29, 0.717) is 0 Å². The molecule has 2 N–H and O–H groups in total. The number of thioether (sulfide) groups is 1. The number of nitrogens with zero attached hydrogens (tertiary/aromatic N) is 1. The van der Waals surface area contributed by atoms with E-state index in [4.69, 9.17) is 5.14 Å². The number of hydrogen-bond donors (Lipinski definition) is 1. The third-order valence-corrected chi connectivity index (χ3v) is 3.22. The fraction of sp³-hybridized carbons (Fsp3) is 0. The second-order valence-corrected chi connectivity index (χ2v) is 4.47. The van der Waals surface area contributed by atoms with Crippen LogP contribution >= 0.6 is 11.8 Å². The number of aliphatic imine (C=N–C) groups is 1. The number of primary sulfonamides is 1. The van der Waals surface area contributed by atoms with Crippen molar-refractivity contribution in [3.05, 3.63) is 21.9 Å². The van der Waals surface area contributed by atoms with Crippen LogP contribution in [0.3, 0.4) is 0 Å². The molecule has 0 saturated heterocycles. The molecule has 4 nitrogen and oxygen atoms in total. The highest BCUT2D eigenvalue weighted by Crippen LogP contribution is 2.21. The molecule has 0 aromatic rings. The van der Waals surface area contributed by atoms with Gasteiger partial charge in [-0.3, -0.25) is 4.99 Å². The van der Waals surface area contributed by atoms with Crippen LogP contribution in [0.5, 0.6) is 0 Å². The van der Waals surface area contributed by atoms with Crippen LogP contribution in [0.25, 0.3) is 0 Å². The summed E-state index contributed by atoms with van der Waals surface area (Å²) in [4.78, 5) is 3.71. The second kappa shape index (κ2) is 3.21. The summed E-state index contributed by atoms with van der Waals surface area (Å²) in [6.45, 7) is 0. The van der Waals surface area contributed by atoms with Crippen molar-refractivity contribution in [3.8, 4) is 0 Å². The molecule has 0 aliphatic carbocycles. The minimum atomic E-state index is -3.57. The summed E-state index contributed by atoms with van der Waals surface area (Å²) in [5.74, 6) is 0. The van der Waals surface area contributed by atoms with Crippen molar-refractivity contribution >= 4 is 28.0 Å². The van der Waals surface area contributed by atoms with Crippen LogP contribution in [-0.4, -0.2) is 14.6 Å². The molecule has 0 saturated carbocycles. The Morgan fingerprint density at radius 3 is 2.91 bits per heavy atom. The molecule has 1 heterocycles. The van der Waals surface area contributed by atoms with E-state index in [2.05, 4.69) is 4.99 Å². The van der Waals surface area contributed by atoms with Gasteiger partial charge in [-0.1, -0.05) is 11.8 Å². The normalized spacial score (nSPS) is 17.7. The van der Waals surface area contributed by atoms with Gasteiger partial charge in [-0.05, 0) is 11.5 Å². The van der Waals surface area contributed by atoms with Gasteiger partial charge in [-0.2, -0.15) is 0 Å². The van der Waals surface area contributed by atoms with Crippen LogP contribution in [0.4, 0.5) is 0 Å². The van der Waals surface area contributed by atoms with Gasteiger partial charge in [-0.25, -0.2) is 13.6 Å². The average Bonchev–Trinajstić information content (AvgIpc) is 2.10. The van der Waals surface area contributed by atoms with Gasteiger partial charge in [0, 0.05) is 12.4 Å². The summed E-state index contributed by atoms with van der Waals surface area (Å²) in [6.07, 6.45) is 4.25. The van der Waals surface area contributed by atoms with E-state index in [1.54, 1.807) is 5.41 Å². The van der Waals surface area contributed by atoms with Crippen LogP contribution < -0.4 is 5.14 Å². The molecular formula is C5H6N2O2S2. The average molecular weight is 190 g/mol. The predicted octanol–water partition coefficient (Wildman–Crippen LogP) is 0.405. The maximum atomic E-state index is 10.7. The summed E-state index contributed by atoms with van der Waals surface area (Å²) in [7, 11) is -3.57. The van der Waals surface area contributed by atoms with Gasteiger partial charge in [-0.15, -0.1) is 0 Å². The molecule has 0 amide bonds. The molecule has 1 aliphatic heterocycles. The first-order valence-electron chi connectivity index (χ1n) is 2.68. The predicted molar refractivity (Wildman–Crippen MR) is 46.4 cm³/mol. The van der Waals surface area contributed by atoms with E-state index >= 15 is 0 Å². The van der Waals surface area contributed by atoms with Crippen LogP contribution in [0.15, 0.2) is 26.9 Å². The molecule has 6 heteroatoms. The van der Waals surface area contributed by atoms with Crippen molar-refractivity contribution in [3.63, 3.8) is 0 Å². The molecule has 0 radical (unpaired) electrons. The zero-order chi connectivity index (χ0) is 8.32. The van der Waals surface area contributed by atoms with Crippen molar-refractivity contribution in [2.75, 3.05) is 0 Å². The molecule has 0 aromatic heterocycles. The van der Waals surface area contributed by atoms with Crippen molar-refractivity contribution in [2.45, 2.75) is 0 Å². The molecule has 0 aromatic carbocycles. The lowest BCUT2D eigenvalue weighted by Crippen LogP contribution is -2.12. The first-order valence-corrected chi connectivity index (χ1v) is 5.11. The summed E-state index contributed by atoms with van der Waals surface area (Å²) >= 11 is 1.03. The lowest BCUT2D eigenvalue weighted by atomic mass is 10.7. The molecule has 60 valence electrons. The lowest BCUT2D eigenvalue weighted by molar-refractivity contribution is 0.605. The van der Waals surface area contributed by atoms with Gasteiger partial charge >= 0.3 is 0 Å². The van der Waals surface area contributed by atoms with Crippen LogP contribution in [0, 0.1) is 0 Å². The largest absolute Gasteiger partial charge is 0.264 e. The first-order chi connectivity index (χ1) is 5.11. The Labute approximate surface area is 68.9 Å². The van der Waals surface area contributed by atoms with Gasteiger partial charge in [0.15, 0.2) is 0 Å². The Bertz CT molecular complexity index is 326. The quantitative estimate of drug-likeness (QED) is 0.650. The first kappa shape index (κ1) is 8.51. The SMILES string of the molecule is NS(=O)(=O)C1=CC=NC=CS1. The van der Waals surface area contributed by atoms with Crippen LogP contribution in [0.2, 0.25) is 0 Å². The summed E-state index contributed by atoms with van der Waals surface area (Å²) < 4.78 is 21.6. The Morgan fingerprint density at radius 1 is 1.55 bits per heavy atom. The monoisotopic (exact) mass is 190 g/mol. The molecule has 0 bridgehead atoms. The maximum Gasteiger partial charge on any atom is 0.244 e. The molecule has 11 heavy (non-hydrogen) atoms. The minimum absolute atomic E-state index is 0.106. The molecular weight excluding hydrogens is 184 g/mol. The zero-order valence-electron chi connectivity index (χ0n) is 5.47. The molecule has 0 spiro atoms. The van der Waals surface area contributed by atoms with E-state index in [-0.39, 0.29) is 4.24 Å². The Hall–Kier alpha value is -0.590. The third kappa shape index (κ3) is 2.49. The Morgan fingerprint density at radius 2 is 2.27 bits per heavy atom. The summed E-state index contributed by atoms with van der Waals surface area (Å²) in [5, 5.41) is 6.42. The van der Waals surface area contributed by atoms with E-state index in [0.717, 1.165) is 11.8 Å². The molecule has 0 unspecified atom stereocenters. The standard InChI is InChI=1S/C5H6N2O2S2/c6-11(8,9)5-1-2-7-3-4-10-5/h1-4H,(H2,6,8,9). The van der Waals surface area contributed by atoms with Crippen molar-refractivity contribution < 1.29 is 8.42 Å². The maximum absolute atomic E-state index is 10.7. The fourth-order valence-corrected chi connectivity index (χ4v) is 1.85. The third-order valence-electron chi connectivity index (χ3n) is 0.908. The topological polar surface area (TPSA) is 72.5 Å². The number of sulfonamides is 1. The molecule has 1 rings (SSSR count). The Balaban J connectivity index is 2.99. The summed E-state index contributed by atoms with van der Waals surface area (Å²) in [5.41, 5.74) is 0. The van der Waals surface area contributed by atoms with Crippen molar-refractivity contribution in [1.82, 2.24) is 0 Å². The minimum Gasteiger partial charge on any atom is -0.264 e. The lowest BCUT2D eigenvalue weighted by Gasteiger charge is -1.96. The fourth-order valence-electron chi connectivity index (χ4n) is 0.487. The zero-order valence-corrected chi connectivity index (χ0v) is 7.10. The Kier molecular flexibility index (Phi) is 2.48. The highest BCUT2D eigenvalue weighted by molar-refractivity contribution is 8.19. The highest BCUT2D eigenvalue weighted by Gasteiger charge is 2.10. The summed E-state index contributed by atoms with van der Waals surface area (Å²) in [6, 6.07) is 0. The number of allylic oxidation sites excluding steroid dienone is 1. The van der Waals surface area contributed by atoms with E-state index in [9.17, 15) is 8.42 Å². The van der Waals surface area contributed by atoms with Gasteiger partial charge < -0.3 is 0 Å². The van der Waals surface area contributed by atoms with Gasteiger partial charge in [0.2, 0.25) is 10.0 Å². The number of nitrogens with two attached hydrogens (primary N) is 1. The van der Waals surface area contributed by atoms with E-state index in [1.807, 2.05) is 0 Å². The smallest absolute Gasteiger partial charge is 0.244 e. The van der Waals surface area contributed by atoms with Crippen LogP contribution in [0.1, 0.15) is 0 Å². The molecule has 1 aliphatic rings. The number of rotatable bonds is 1. The van der Waals surface area contributed by atoms with Gasteiger partial charge in [0.25, 0.3) is 0 Å². The van der Waals surface area contributed by atoms with Gasteiger partial charge in [0.05, 0.1) is 0 Å². The van der Waals surface area contributed by atoms with Gasteiger partial charge in [0.1, 0.15) is 4.24 Å². The highest BCUT2D eigenvalue weighted by atomic mass is 32.3. The molecule has 0 fully saturated rings. The van der Waals surface area contributed by atoms with Crippen molar-refractivity contribution in [1.29, 1.82) is 0 Å². The van der Waals surface area contributed by atoms with Crippen LogP contribution in [-0.2, 0) is 10.0 Å². The van der Waals surface area contributed by atoms with Crippen molar-refractivity contribution in [2.24, 2.45) is 10.1 Å². The van der Waals surface area contributed by atoms with E-state index in [1.165, 1.54) is 18.5 Å².